The SMILES string of the molecule is CN1CC23CN(C(=O)CCc4ccccc4F)C[C@@H](C[C@@H]2S1(=O)=O)O3. The number of amides is 1. The number of carbonyl (C=O) groups excluding carboxylic acids is 1. The summed E-state index contributed by atoms with van der Waals surface area (Å²) in [7, 11) is -1.80. The lowest BCUT2D eigenvalue weighted by Gasteiger charge is -2.39. The van der Waals surface area contributed by atoms with Crippen LogP contribution in [0.1, 0.15) is 18.4 Å². The van der Waals surface area contributed by atoms with Crippen molar-refractivity contribution in [1.29, 1.82) is 0 Å². The Kier molecular flexibility index (Phi) is 3.90. The van der Waals surface area contributed by atoms with Gasteiger partial charge in [0.2, 0.25) is 15.9 Å². The number of likely N-dealkylation sites (tertiary alicyclic amines) is 1. The molecule has 3 heterocycles. The number of aryl methyl sites for hydroxylation is 1. The Morgan fingerprint density at radius 1 is 1.36 bits per heavy atom. The Hall–Kier alpha value is -1.51. The zero-order chi connectivity index (χ0) is 17.8. The van der Waals surface area contributed by atoms with Crippen molar-refractivity contribution in [3.05, 3.63) is 35.6 Å². The second-order valence-corrected chi connectivity index (χ2v) is 9.42. The maximum atomic E-state index is 13.7. The summed E-state index contributed by atoms with van der Waals surface area (Å²) in [6.07, 6.45) is 0.739. The fourth-order valence-electron chi connectivity index (χ4n) is 4.35. The molecule has 8 heteroatoms. The number of morpholine rings is 1. The van der Waals surface area contributed by atoms with E-state index in [4.69, 9.17) is 4.74 Å². The van der Waals surface area contributed by atoms with Gasteiger partial charge in [-0.3, -0.25) is 4.79 Å². The van der Waals surface area contributed by atoms with Crippen LogP contribution in [0.25, 0.3) is 0 Å². The summed E-state index contributed by atoms with van der Waals surface area (Å²) in [6, 6.07) is 6.44. The first-order valence-corrected chi connectivity index (χ1v) is 9.96. The van der Waals surface area contributed by atoms with Crippen molar-refractivity contribution in [2.75, 3.05) is 26.7 Å². The van der Waals surface area contributed by atoms with Crippen LogP contribution in [0.2, 0.25) is 0 Å². The molecule has 3 fully saturated rings. The van der Waals surface area contributed by atoms with E-state index in [0.717, 1.165) is 0 Å². The van der Waals surface area contributed by atoms with Crippen molar-refractivity contribution in [2.24, 2.45) is 0 Å². The van der Waals surface area contributed by atoms with Crippen LogP contribution in [0.15, 0.2) is 24.3 Å². The Balaban J connectivity index is 1.47. The third kappa shape index (κ3) is 2.67. The number of hydrogen-bond acceptors (Lipinski definition) is 4. The molecule has 0 radical (unpaired) electrons. The highest BCUT2D eigenvalue weighted by atomic mass is 32.2. The maximum Gasteiger partial charge on any atom is 0.223 e. The molecule has 1 unspecified atom stereocenters. The van der Waals surface area contributed by atoms with E-state index in [2.05, 4.69) is 0 Å². The predicted molar refractivity (Wildman–Crippen MR) is 88.9 cm³/mol. The van der Waals surface area contributed by atoms with Gasteiger partial charge in [-0.1, -0.05) is 18.2 Å². The molecule has 4 rings (SSSR count). The number of rotatable bonds is 3. The lowest BCUT2D eigenvalue weighted by molar-refractivity contribution is -0.150. The maximum absolute atomic E-state index is 13.7. The first-order chi connectivity index (χ1) is 11.8. The van der Waals surface area contributed by atoms with Gasteiger partial charge in [0.05, 0.1) is 12.6 Å². The molecule has 1 spiro atoms. The predicted octanol–water partition coefficient (Wildman–Crippen LogP) is 0.772. The number of carbonyl (C=O) groups is 1. The molecule has 3 atom stereocenters. The monoisotopic (exact) mass is 368 g/mol. The molecule has 1 aromatic rings. The Morgan fingerprint density at radius 2 is 2.12 bits per heavy atom. The quantitative estimate of drug-likeness (QED) is 0.791. The molecule has 0 saturated carbocycles. The molecule has 1 aromatic carbocycles. The summed E-state index contributed by atoms with van der Waals surface area (Å²) < 4.78 is 45.9. The van der Waals surface area contributed by atoms with Crippen molar-refractivity contribution >= 4 is 15.9 Å². The number of halogens is 1. The highest BCUT2D eigenvalue weighted by Gasteiger charge is 2.64. The molecule has 0 N–H and O–H groups in total. The number of fused-ring (bicyclic) bond motifs is 1. The number of ether oxygens (including phenoxy) is 1. The van der Waals surface area contributed by atoms with Crippen molar-refractivity contribution < 1.29 is 22.3 Å². The number of sulfonamides is 1. The van der Waals surface area contributed by atoms with Crippen LogP contribution < -0.4 is 0 Å². The van der Waals surface area contributed by atoms with E-state index in [9.17, 15) is 17.6 Å². The van der Waals surface area contributed by atoms with Gasteiger partial charge in [-0.15, -0.1) is 0 Å². The topological polar surface area (TPSA) is 66.9 Å². The minimum absolute atomic E-state index is 0.0801. The van der Waals surface area contributed by atoms with Crippen molar-refractivity contribution in [2.45, 2.75) is 36.2 Å². The smallest absolute Gasteiger partial charge is 0.223 e. The van der Waals surface area contributed by atoms with Crippen LogP contribution in [0.5, 0.6) is 0 Å². The van der Waals surface area contributed by atoms with Crippen LogP contribution in [0.4, 0.5) is 4.39 Å². The summed E-state index contributed by atoms with van der Waals surface area (Å²) in [5.74, 6) is -0.386. The Morgan fingerprint density at radius 3 is 2.88 bits per heavy atom. The molecule has 0 aliphatic carbocycles. The third-order valence-electron chi connectivity index (χ3n) is 5.55. The van der Waals surface area contributed by atoms with Crippen LogP contribution in [0.3, 0.4) is 0 Å². The lowest BCUT2D eigenvalue weighted by Crippen LogP contribution is -2.56. The third-order valence-corrected chi connectivity index (χ3v) is 7.89. The first kappa shape index (κ1) is 16.9. The van der Waals surface area contributed by atoms with E-state index in [0.29, 0.717) is 24.9 Å². The van der Waals surface area contributed by atoms with Gasteiger partial charge in [0, 0.05) is 26.6 Å². The number of nitrogens with zero attached hydrogens (tertiary/aromatic N) is 2. The summed E-state index contributed by atoms with van der Waals surface area (Å²) in [5.41, 5.74) is -0.296. The summed E-state index contributed by atoms with van der Waals surface area (Å²) in [6.45, 7) is 0.981. The van der Waals surface area contributed by atoms with Crippen molar-refractivity contribution in [1.82, 2.24) is 9.21 Å². The molecular weight excluding hydrogens is 347 g/mol. The standard InChI is InChI=1S/C17H21FN2O4S/c1-19-10-17-11-20(9-13(24-17)8-15(17)25(19,22)23)16(21)7-6-12-4-2-3-5-14(12)18/h2-5,13,15H,6-11H2,1H3/t13-,15+,17?/m1/s1. The highest BCUT2D eigenvalue weighted by molar-refractivity contribution is 7.90. The number of hydrogen-bond donors (Lipinski definition) is 0. The lowest BCUT2D eigenvalue weighted by atomic mass is 9.99. The normalized spacial score (nSPS) is 33.4. The highest BCUT2D eigenvalue weighted by Crippen LogP contribution is 2.46. The van der Waals surface area contributed by atoms with Gasteiger partial charge in [-0.2, -0.15) is 0 Å². The minimum atomic E-state index is -3.36. The minimum Gasteiger partial charge on any atom is -0.365 e. The van der Waals surface area contributed by atoms with Gasteiger partial charge >= 0.3 is 0 Å². The van der Waals surface area contributed by atoms with Crippen LogP contribution >= 0.6 is 0 Å². The molecule has 25 heavy (non-hydrogen) atoms. The van der Waals surface area contributed by atoms with E-state index in [1.807, 2.05) is 0 Å². The Labute approximate surface area is 146 Å². The first-order valence-electron chi connectivity index (χ1n) is 8.46. The second kappa shape index (κ2) is 5.75. The van der Waals surface area contributed by atoms with Gasteiger partial charge in [-0.25, -0.2) is 17.1 Å². The molecular formula is C17H21FN2O4S. The van der Waals surface area contributed by atoms with Crippen LogP contribution in [-0.2, 0) is 26.0 Å². The molecule has 136 valence electrons. The average Bonchev–Trinajstić information content (AvgIpc) is 2.92. The van der Waals surface area contributed by atoms with Gasteiger partial charge < -0.3 is 9.64 Å². The number of likely N-dealkylation sites (N-methyl/N-ethyl adjacent to an activating group) is 1. The summed E-state index contributed by atoms with van der Waals surface area (Å²) in [4.78, 5) is 14.3. The van der Waals surface area contributed by atoms with Crippen LogP contribution in [0, 0.1) is 5.82 Å². The average molecular weight is 368 g/mol. The van der Waals surface area contributed by atoms with Gasteiger partial charge in [0.25, 0.3) is 0 Å². The second-order valence-electron chi connectivity index (χ2n) is 7.20. The molecule has 6 nitrogen and oxygen atoms in total. The van der Waals surface area contributed by atoms with E-state index in [1.54, 1.807) is 30.1 Å². The molecule has 3 aliphatic heterocycles. The fourth-order valence-corrected chi connectivity index (χ4v) is 6.39. The molecule has 0 aromatic heterocycles. The summed E-state index contributed by atoms with van der Waals surface area (Å²) >= 11 is 0. The van der Waals surface area contributed by atoms with Crippen LogP contribution in [-0.4, -0.2) is 67.2 Å². The van der Waals surface area contributed by atoms with Crippen molar-refractivity contribution in [3.63, 3.8) is 0 Å². The summed E-state index contributed by atoms with van der Waals surface area (Å²) in [5, 5.41) is -0.570. The van der Waals surface area contributed by atoms with E-state index in [-0.39, 0.29) is 37.3 Å². The van der Waals surface area contributed by atoms with Gasteiger partial charge in [-0.05, 0) is 24.5 Å². The largest absolute Gasteiger partial charge is 0.365 e. The van der Waals surface area contributed by atoms with E-state index in [1.165, 1.54) is 10.4 Å². The molecule has 2 bridgehead atoms. The Bertz CT molecular complexity index is 815. The molecule has 3 aliphatic rings. The fraction of sp³-hybridized carbons (Fsp3) is 0.588. The van der Waals surface area contributed by atoms with Gasteiger partial charge in [0.15, 0.2) is 0 Å². The van der Waals surface area contributed by atoms with Crippen molar-refractivity contribution in [3.8, 4) is 0 Å². The number of benzene rings is 1. The van der Waals surface area contributed by atoms with Gasteiger partial charge in [0.1, 0.15) is 16.7 Å². The molecule has 1 amide bonds. The van der Waals surface area contributed by atoms with E-state index < -0.39 is 20.9 Å². The van der Waals surface area contributed by atoms with E-state index >= 15 is 0 Å². The zero-order valence-electron chi connectivity index (χ0n) is 14.0. The molecule has 3 saturated heterocycles. The zero-order valence-corrected chi connectivity index (χ0v) is 14.8.